The van der Waals surface area contributed by atoms with Gasteiger partial charge in [0.05, 0.1) is 0 Å². The zero-order chi connectivity index (χ0) is 10.9. The molecular formula is C13H26N2. The summed E-state index contributed by atoms with van der Waals surface area (Å²) in [6.45, 7) is 9.69. The topological polar surface area (TPSA) is 15.3 Å². The van der Waals surface area contributed by atoms with Gasteiger partial charge in [0.1, 0.15) is 0 Å². The van der Waals surface area contributed by atoms with Gasteiger partial charge < -0.3 is 5.32 Å². The van der Waals surface area contributed by atoms with Crippen molar-refractivity contribution in [3.63, 3.8) is 0 Å². The number of nitrogens with one attached hydrogen (secondary N) is 1. The highest BCUT2D eigenvalue weighted by molar-refractivity contribution is 5.00. The molecule has 15 heavy (non-hydrogen) atoms. The van der Waals surface area contributed by atoms with Gasteiger partial charge in [0.25, 0.3) is 0 Å². The first-order valence-corrected chi connectivity index (χ1v) is 6.65. The molecule has 1 N–H and O–H groups in total. The van der Waals surface area contributed by atoms with Gasteiger partial charge in [0, 0.05) is 24.2 Å². The molecular weight excluding hydrogens is 184 g/mol. The Morgan fingerprint density at radius 2 is 2.13 bits per heavy atom. The van der Waals surface area contributed by atoms with Crippen molar-refractivity contribution in [1.82, 2.24) is 10.2 Å². The minimum absolute atomic E-state index is 0.410. The van der Waals surface area contributed by atoms with Crippen molar-refractivity contribution in [3.8, 4) is 0 Å². The molecule has 2 aliphatic rings. The van der Waals surface area contributed by atoms with Gasteiger partial charge >= 0.3 is 0 Å². The highest BCUT2D eigenvalue weighted by Gasteiger charge is 2.41. The van der Waals surface area contributed by atoms with Crippen molar-refractivity contribution >= 4 is 0 Å². The third kappa shape index (κ3) is 2.21. The normalized spacial score (nSPS) is 33.0. The zero-order valence-electron chi connectivity index (χ0n) is 10.6. The second kappa shape index (κ2) is 4.42. The van der Waals surface area contributed by atoms with E-state index < -0.39 is 0 Å². The van der Waals surface area contributed by atoms with Crippen LogP contribution in [0.15, 0.2) is 0 Å². The fraction of sp³-hybridized carbons (Fsp3) is 1.00. The fourth-order valence-electron chi connectivity index (χ4n) is 3.55. The molecule has 2 saturated heterocycles. The van der Waals surface area contributed by atoms with E-state index in [4.69, 9.17) is 0 Å². The average molecular weight is 210 g/mol. The highest BCUT2D eigenvalue weighted by atomic mass is 15.3. The first-order valence-electron chi connectivity index (χ1n) is 6.65. The summed E-state index contributed by atoms with van der Waals surface area (Å²) in [5.74, 6) is 0. The minimum atomic E-state index is 0.410. The molecule has 0 aromatic carbocycles. The Bertz CT molecular complexity index is 213. The lowest BCUT2D eigenvalue weighted by atomic mass is 9.92. The Morgan fingerprint density at radius 1 is 1.33 bits per heavy atom. The molecule has 2 heteroatoms. The monoisotopic (exact) mass is 210 g/mol. The van der Waals surface area contributed by atoms with Gasteiger partial charge in [-0.3, -0.25) is 4.90 Å². The first kappa shape index (κ1) is 11.4. The van der Waals surface area contributed by atoms with Crippen molar-refractivity contribution in [2.75, 3.05) is 13.1 Å². The number of hydrogen-bond donors (Lipinski definition) is 1. The van der Waals surface area contributed by atoms with Crippen molar-refractivity contribution in [2.45, 2.75) is 70.5 Å². The van der Waals surface area contributed by atoms with Crippen LogP contribution in [0, 0.1) is 0 Å². The molecule has 88 valence electrons. The molecule has 0 spiro atoms. The van der Waals surface area contributed by atoms with Crippen molar-refractivity contribution in [2.24, 2.45) is 0 Å². The zero-order valence-corrected chi connectivity index (χ0v) is 10.6. The van der Waals surface area contributed by atoms with Crippen LogP contribution >= 0.6 is 0 Å². The van der Waals surface area contributed by atoms with Gasteiger partial charge in [-0.15, -0.1) is 0 Å². The van der Waals surface area contributed by atoms with Crippen LogP contribution in [0.2, 0.25) is 0 Å². The number of likely N-dealkylation sites (tertiary alicyclic amines) is 1. The quantitative estimate of drug-likeness (QED) is 0.769. The minimum Gasteiger partial charge on any atom is -0.312 e. The number of hydrogen-bond acceptors (Lipinski definition) is 2. The van der Waals surface area contributed by atoms with Crippen molar-refractivity contribution in [3.05, 3.63) is 0 Å². The van der Waals surface area contributed by atoms with Gasteiger partial charge in [-0.25, -0.2) is 0 Å². The second-order valence-electron chi connectivity index (χ2n) is 5.81. The lowest BCUT2D eigenvalue weighted by Crippen LogP contribution is -2.53. The Balaban J connectivity index is 2.03. The third-order valence-corrected chi connectivity index (χ3v) is 4.27. The predicted molar refractivity (Wildman–Crippen MR) is 65.1 cm³/mol. The summed E-state index contributed by atoms with van der Waals surface area (Å²) >= 11 is 0. The maximum absolute atomic E-state index is 3.68. The molecule has 0 amide bonds. The molecule has 0 aromatic heterocycles. The van der Waals surface area contributed by atoms with E-state index in [9.17, 15) is 0 Å². The van der Waals surface area contributed by atoms with Gasteiger partial charge in [0.2, 0.25) is 0 Å². The summed E-state index contributed by atoms with van der Waals surface area (Å²) in [7, 11) is 0. The molecule has 0 bridgehead atoms. The van der Waals surface area contributed by atoms with E-state index in [1.165, 1.54) is 45.2 Å². The molecule has 0 aliphatic carbocycles. The number of piperidine rings is 1. The van der Waals surface area contributed by atoms with Crippen LogP contribution in [0.5, 0.6) is 0 Å². The second-order valence-corrected chi connectivity index (χ2v) is 5.81. The van der Waals surface area contributed by atoms with Crippen molar-refractivity contribution < 1.29 is 0 Å². The Morgan fingerprint density at radius 3 is 2.87 bits per heavy atom. The molecule has 2 nitrogen and oxygen atoms in total. The largest absolute Gasteiger partial charge is 0.312 e. The van der Waals surface area contributed by atoms with E-state index in [2.05, 4.69) is 31.0 Å². The number of rotatable bonds is 3. The maximum Gasteiger partial charge on any atom is 0.0255 e. The molecule has 2 fully saturated rings. The van der Waals surface area contributed by atoms with Crippen LogP contribution in [0.4, 0.5) is 0 Å². The molecule has 2 rings (SSSR count). The van der Waals surface area contributed by atoms with Crippen LogP contribution in [0.25, 0.3) is 0 Å². The lowest BCUT2D eigenvalue weighted by molar-refractivity contribution is 0.0761. The molecule has 2 heterocycles. The Labute approximate surface area is 94.4 Å². The SMILES string of the molecule is CCCC(C)(C)N1CCC2NCCCC21. The molecule has 2 atom stereocenters. The van der Waals surface area contributed by atoms with E-state index in [1.54, 1.807) is 0 Å². The van der Waals surface area contributed by atoms with E-state index in [0.717, 1.165) is 12.1 Å². The van der Waals surface area contributed by atoms with Crippen LogP contribution in [0.1, 0.15) is 52.9 Å². The predicted octanol–water partition coefficient (Wildman–Crippen LogP) is 2.39. The summed E-state index contributed by atoms with van der Waals surface area (Å²) in [6.07, 6.45) is 6.76. The summed E-state index contributed by atoms with van der Waals surface area (Å²) < 4.78 is 0. The van der Waals surface area contributed by atoms with E-state index in [1.807, 2.05) is 0 Å². The highest BCUT2D eigenvalue weighted by Crippen LogP contribution is 2.33. The summed E-state index contributed by atoms with van der Waals surface area (Å²) in [4.78, 5) is 2.77. The molecule has 2 aliphatic heterocycles. The van der Waals surface area contributed by atoms with Gasteiger partial charge in [-0.1, -0.05) is 13.3 Å². The molecule has 0 saturated carbocycles. The summed E-state index contributed by atoms with van der Waals surface area (Å²) in [5.41, 5.74) is 0.410. The Kier molecular flexibility index (Phi) is 3.36. The van der Waals surface area contributed by atoms with Gasteiger partial charge in [-0.2, -0.15) is 0 Å². The van der Waals surface area contributed by atoms with Gasteiger partial charge in [0.15, 0.2) is 0 Å². The van der Waals surface area contributed by atoms with Crippen LogP contribution < -0.4 is 5.32 Å². The summed E-state index contributed by atoms with van der Waals surface area (Å²) in [6, 6.07) is 1.61. The number of nitrogens with zero attached hydrogens (tertiary/aromatic N) is 1. The fourth-order valence-corrected chi connectivity index (χ4v) is 3.55. The van der Waals surface area contributed by atoms with E-state index >= 15 is 0 Å². The molecule has 2 unspecified atom stereocenters. The Hall–Kier alpha value is -0.0800. The molecule has 0 radical (unpaired) electrons. The standard InChI is InChI=1S/C13H26N2/c1-4-8-13(2,3)15-10-7-11-12(15)6-5-9-14-11/h11-12,14H,4-10H2,1-3H3. The smallest absolute Gasteiger partial charge is 0.0255 e. The van der Waals surface area contributed by atoms with Gasteiger partial charge in [-0.05, 0) is 46.1 Å². The van der Waals surface area contributed by atoms with Crippen molar-refractivity contribution in [1.29, 1.82) is 0 Å². The van der Waals surface area contributed by atoms with Crippen LogP contribution in [-0.2, 0) is 0 Å². The molecule has 0 aromatic rings. The third-order valence-electron chi connectivity index (χ3n) is 4.27. The van der Waals surface area contributed by atoms with Crippen LogP contribution in [-0.4, -0.2) is 35.6 Å². The lowest BCUT2D eigenvalue weighted by Gasteiger charge is -2.42. The first-order chi connectivity index (χ1) is 7.15. The van der Waals surface area contributed by atoms with E-state index in [0.29, 0.717) is 5.54 Å². The maximum atomic E-state index is 3.68. The average Bonchev–Trinajstić information content (AvgIpc) is 2.61. The van der Waals surface area contributed by atoms with E-state index in [-0.39, 0.29) is 0 Å². The summed E-state index contributed by atoms with van der Waals surface area (Å²) in [5, 5.41) is 3.68. The number of fused-ring (bicyclic) bond motifs is 1. The van der Waals surface area contributed by atoms with Crippen LogP contribution in [0.3, 0.4) is 0 Å².